The molecule has 9 nitrogen and oxygen atoms in total. The van der Waals surface area contributed by atoms with Crippen LogP contribution in [0.15, 0.2) is 22.2 Å². The molecule has 1 unspecified atom stereocenters. The first-order valence-electron chi connectivity index (χ1n) is 17.1. The quantitative estimate of drug-likeness (QED) is 0.261. The fourth-order valence-corrected chi connectivity index (χ4v) is 11.1. The van der Waals surface area contributed by atoms with Crippen LogP contribution in [0, 0.1) is 34.0 Å². The number of hydrogen-bond donors (Lipinski definition) is 2. The van der Waals surface area contributed by atoms with Crippen LogP contribution in [-0.2, 0) is 14.3 Å². The molecule has 248 valence electrons. The summed E-state index contributed by atoms with van der Waals surface area (Å²) in [6, 6.07) is 0. The van der Waals surface area contributed by atoms with Crippen molar-refractivity contribution in [2.75, 3.05) is 54.8 Å². The van der Waals surface area contributed by atoms with E-state index in [9.17, 15) is 24.3 Å². The largest absolute Gasteiger partial charge is 0.461 e. The first kappa shape index (κ1) is 32.8. The molecule has 3 aliphatic carbocycles. The van der Waals surface area contributed by atoms with Crippen molar-refractivity contribution in [1.29, 1.82) is 0 Å². The van der Waals surface area contributed by atoms with Gasteiger partial charge in [0.05, 0.1) is 11.9 Å². The zero-order valence-electron chi connectivity index (χ0n) is 27.4. The fourth-order valence-electron chi connectivity index (χ4n) is 10.0. The van der Waals surface area contributed by atoms with E-state index in [1.165, 1.54) is 0 Å². The van der Waals surface area contributed by atoms with Crippen molar-refractivity contribution in [3.05, 3.63) is 33.1 Å². The van der Waals surface area contributed by atoms with Crippen LogP contribution in [0.3, 0.4) is 0 Å². The van der Waals surface area contributed by atoms with Gasteiger partial charge in [0, 0.05) is 67.7 Å². The number of Topliss-reactive ketones (excluding diaryl/α,β-unsaturated/α-hetero) is 1. The minimum absolute atomic E-state index is 0.0646. The highest BCUT2D eigenvalue weighted by molar-refractivity contribution is 8.00. The fraction of sp³-hybridized carbons (Fsp3) is 0.771. The molecule has 2 aliphatic heterocycles. The summed E-state index contributed by atoms with van der Waals surface area (Å²) < 4.78 is 6.44. The van der Waals surface area contributed by atoms with Gasteiger partial charge in [0.2, 0.25) is 0 Å². The topological polar surface area (TPSA) is 116 Å². The Kier molecular flexibility index (Phi) is 8.83. The molecule has 1 aromatic rings. The molecule has 2 bridgehead atoms. The number of nitrogens with one attached hydrogen (secondary N) is 1. The van der Waals surface area contributed by atoms with Gasteiger partial charge in [-0.15, -0.1) is 18.3 Å². The number of aliphatic hydroxyl groups excluding tert-OH is 1. The van der Waals surface area contributed by atoms with Gasteiger partial charge in [0.25, 0.3) is 10.9 Å². The molecular weight excluding hydrogens is 590 g/mol. The summed E-state index contributed by atoms with van der Waals surface area (Å²) in [5.41, 5.74) is -1.17. The number of piperidine rings is 1. The van der Waals surface area contributed by atoms with Gasteiger partial charge in [-0.25, -0.2) is 0 Å². The molecule has 0 spiro atoms. The van der Waals surface area contributed by atoms with Crippen molar-refractivity contribution in [2.45, 2.75) is 90.1 Å². The van der Waals surface area contributed by atoms with Crippen LogP contribution in [0.25, 0.3) is 0 Å². The molecule has 1 aromatic carbocycles. The summed E-state index contributed by atoms with van der Waals surface area (Å²) in [5.74, 6) is -0.00336. The van der Waals surface area contributed by atoms with Crippen molar-refractivity contribution >= 4 is 34.9 Å². The number of carbonyl (C=O) groups is 2. The monoisotopic (exact) mass is 641 g/mol. The third-order valence-corrected chi connectivity index (χ3v) is 14.3. The molecule has 5 aliphatic rings. The third-order valence-electron chi connectivity index (χ3n) is 13.0. The molecular formula is C35H51N3O6S. The molecule has 0 aromatic heterocycles. The number of hydrogen-bond acceptors (Lipinski definition) is 10. The van der Waals surface area contributed by atoms with Gasteiger partial charge in [-0.1, -0.05) is 33.8 Å². The van der Waals surface area contributed by atoms with E-state index in [2.05, 4.69) is 37.6 Å². The van der Waals surface area contributed by atoms with Crippen LogP contribution < -0.4 is 26.0 Å². The summed E-state index contributed by atoms with van der Waals surface area (Å²) in [7, 11) is 0. The average Bonchev–Trinajstić information content (AvgIpc) is 3.40. The summed E-state index contributed by atoms with van der Waals surface area (Å²) in [6.45, 7) is 16.9. The maximum absolute atomic E-state index is 13.7. The van der Waals surface area contributed by atoms with Crippen LogP contribution in [0.2, 0.25) is 0 Å². The zero-order chi connectivity index (χ0) is 32.3. The van der Waals surface area contributed by atoms with Gasteiger partial charge in [0.15, 0.2) is 0 Å². The number of ketones is 1. The van der Waals surface area contributed by atoms with Gasteiger partial charge in [-0.3, -0.25) is 19.2 Å². The molecule has 6 rings (SSSR count). The molecule has 9 atom stereocenters. The van der Waals surface area contributed by atoms with Crippen LogP contribution in [0.5, 0.6) is 0 Å². The number of rotatable bonds is 7. The molecule has 10 heteroatoms. The van der Waals surface area contributed by atoms with Gasteiger partial charge < -0.3 is 25.0 Å². The Morgan fingerprint density at radius 3 is 2.44 bits per heavy atom. The molecule has 0 amide bonds. The highest BCUT2D eigenvalue weighted by atomic mass is 32.2. The Balaban J connectivity index is 1.18. The number of esters is 1. The van der Waals surface area contributed by atoms with Crippen LogP contribution >= 0.6 is 11.8 Å². The standard InChI is InChI=1S/C35H51N3O6S/c1-6-33(4)18-25(34(5)21(2)9-11-35(22(3)32(33)43)12-10-24(39)31(34)35)44-26(40)20-45-23-8-7-15-38(19-23)28-27(29(41)30(28)42)37-16-13-36-14-17-37/h6,21-23,25,31-32,36,43H,1,7-20H2,2-5H3/t21-,22+,23?,25-,31+,32+,33-,34+,35+/m1/s1. The molecule has 0 radical (unpaired) electrons. The van der Waals surface area contributed by atoms with Gasteiger partial charge in [-0.05, 0) is 55.8 Å². The highest BCUT2D eigenvalue weighted by Crippen LogP contribution is 2.68. The number of anilines is 2. The maximum atomic E-state index is 13.7. The van der Waals surface area contributed by atoms with E-state index in [1.807, 2.05) is 17.9 Å². The van der Waals surface area contributed by atoms with Crippen molar-refractivity contribution in [3.63, 3.8) is 0 Å². The summed E-state index contributed by atoms with van der Waals surface area (Å²) in [5, 5.41) is 15.2. The number of ether oxygens (including phenoxy) is 1. The Bertz CT molecular complexity index is 1400. The molecule has 2 heterocycles. The lowest BCUT2D eigenvalue weighted by Crippen LogP contribution is -2.63. The van der Waals surface area contributed by atoms with E-state index < -0.39 is 28.5 Å². The Labute approximate surface area is 271 Å². The lowest BCUT2D eigenvalue weighted by atomic mass is 9.44. The predicted octanol–water partition coefficient (Wildman–Crippen LogP) is 3.30. The Hall–Kier alpha value is -2.17. The lowest BCUT2D eigenvalue weighted by molar-refractivity contribution is -0.205. The highest BCUT2D eigenvalue weighted by Gasteiger charge is 2.68. The van der Waals surface area contributed by atoms with E-state index in [0.29, 0.717) is 43.9 Å². The van der Waals surface area contributed by atoms with Crippen molar-refractivity contribution in [2.24, 2.45) is 34.0 Å². The van der Waals surface area contributed by atoms with Crippen LogP contribution in [0.1, 0.15) is 72.6 Å². The van der Waals surface area contributed by atoms with Gasteiger partial charge in [-0.2, -0.15) is 0 Å². The predicted molar refractivity (Wildman–Crippen MR) is 179 cm³/mol. The van der Waals surface area contributed by atoms with E-state index in [1.54, 1.807) is 11.8 Å². The van der Waals surface area contributed by atoms with Crippen molar-refractivity contribution in [1.82, 2.24) is 5.32 Å². The number of thioether (sulfide) groups is 1. The lowest BCUT2D eigenvalue weighted by Gasteiger charge is -2.61. The summed E-state index contributed by atoms with van der Waals surface area (Å²) >= 11 is 1.55. The minimum Gasteiger partial charge on any atom is -0.461 e. The van der Waals surface area contributed by atoms with Gasteiger partial charge >= 0.3 is 5.97 Å². The van der Waals surface area contributed by atoms with E-state index in [-0.39, 0.29) is 51.4 Å². The second-order valence-corrected chi connectivity index (χ2v) is 16.5. The van der Waals surface area contributed by atoms with E-state index in [0.717, 1.165) is 51.7 Å². The smallest absolute Gasteiger partial charge is 0.316 e. The van der Waals surface area contributed by atoms with Crippen LogP contribution in [0.4, 0.5) is 11.4 Å². The first-order chi connectivity index (χ1) is 21.4. The van der Waals surface area contributed by atoms with E-state index in [4.69, 9.17) is 4.74 Å². The second-order valence-electron chi connectivity index (χ2n) is 15.2. The molecule has 45 heavy (non-hydrogen) atoms. The summed E-state index contributed by atoms with van der Waals surface area (Å²) in [4.78, 5) is 56.7. The Morgan fingerprint density at radius 2 is 1.76 bits per heavy atom. The number of aliphatic hydroxyl groups is 1. The minimum atomic E-state index is -0.688. The first-order valence-corrected chi connectivity index (χ1v) is 18.1. The van der Waals surface area contributed by atoms with Crippen LogP contribution in [-0.4, -0.2) is 79.3 Å². The average molecular weight is 642 g/mol. The van der Waals surface area contributed by atoms with Crippen molar-refractivity contribution in [3.8, 4) is 0 Å². The SMILES string of the molecule is C=C[C@]1(C)C[C@@H](OC(=O)CSC2CCCN(c3c(N4CCNCC4)c(=O)c3=O)C2)[C@]2(C)[C@H](C)CC[C@]3(CCC(=O)[C@H]32)[C@@H](C)[C@@H]1O. The second kappa shape index (κ2) is 12.1. The normalized spacial score (nSPS) is 40.5. The maximum Gasteiger partial charge on any atom is 0.316 e. The summed E-state index contributed by atoms with van der Waals surface area (Å²) in [6.07, 6.45) is 5.98. The number of nitrogens with zero attached hydrogens (tertiary/aromatic N) is 2. The molecule has 5 fully saturated rings. The van der Waals surface area contributed by atoms with E-state index >= 15 is 0 Å². The molecule has 2 N–H and O–H groups in total. The number of carbonyl (C=O) groups excluding carboxylic acids is 2. The number of piperazine rings is 1. The third kappa shape index (κ3) is 5.21. The molecule has 2 saturated heterocycles. The molecule has 3 saturated carbocycles. The van der Waals surface area contributed by atoms with Gasteiger partial charge in [0.1, 0.15) is 23.3 Å². The zero-order valence-corrected chi connectivity index (χ0v) is 28.3. The van der Waals surface area contributed by atoms with Crippen molar-refractivity contribution < 1.29 is 19.4 Å². The Morgan fingerprint density at radius 1 is 1.07 bits per heavy atom.